The molecule has 0 saturated carbocycles. The number of hydrogen-bond donors (Lipinski definition) is 2. The van der Waals surface area contributed by atoms with E-state index in [2.05, 4.69) is 23.9 Å². The fraction of sp³-hybridized carbons (Fsp3) is 0.562. The normalized spacial score (nSPS) is 25.0. The Morgan fingerprint density at radius 1 is 1.22 bits per heavy atom. The maximum atomic E-state index is 12.1. The van der Waals surface area contributed by atoms with Crippen LogP contribution in [-0.2, 0) is 4.79 Å². The molecule has 7 heteroatoms. The molecule has 1 amide bonds. The van der Waals surface area contributed by atoms with Crippen LogP contribution in [0.2, 0.25) is 0 Å². The molecular formula is C16H22F3N2O2+. The van der Waals surface area contributed by atoms with Crippen molar-refractivity contribution in [3.05, 3.63) is 24.3 Å². The van der Waals surface area contributed by atoms with E-state index in [4.69, 9.17) is 0 Å². The first kappa shape index (κ1) is 17.6. The maximum Gasteiger partial charge on any atom is 0.573 e. The van der Waals surface area contributed by atoms with Crippen LogP contribution in [0.15, 0.2) is 24.3 Å². The number of nitrogens with one attached hydrogen (secondary N) is 2. The van der Waals surface area contributed by atoms with Gasteiger partial charge in [0.05, 0.1) is 13.1 Å². The Labute approximate surface area is 133 Å². The van der Waals surface area contributed by atoms with Crippen molar-refractivity contribution in [2.75, 3.05) is 25.0 Å². The highest BCUT2D eigenvalue weighted by Gasteiger charge is 2.31. The molecule has 1 heterocycles. The summed E-state index contributed by atoms with van der Waals surface area (Å²) in [6.07, 6.45) is -3.53. The molecule has 1 aromatic carbocycles. The number of piperidine rings is 1. The van der Waals surface area contributed by atoms with Crippen molar-refractivity contribution in [1.82, 2.24) is 0 Å². The standard InChI is InChI=1S/C16H21F3N2O2/c1-11-7-12(2)9-21(8-11)10-15(22)20-13-3-5-14(6-4-13)23-16(17,18)19/h3-6,11-12H,7-10H2,1-2H3,(H,20,22)/p+1/t11-,12-/m1/s1. The number of alkyl halides is 3. The number of ether oxygens (including phenoxy) is 1. The molecule has 2 N–H and O–H groups in total. The highest BCUT2D eigenvalue weighted by atomic mass is 19.4. The van der Waals surface area contributed by atoms with E-state index in [1.54, 1.807) is 0 Å². The quantitative estimate of drug-likeness (QED) is 0.887. The van der Waals surface area contributed by atoms with Gasteiger partial charge in [0.15, 0.2) is 6.54 Å². The zero-order chi connectivity index (χ0) is 17.0. The largest absolute Gasteiger partial charge is 0.573 e. The molecule has 0 bridgehead atoms. The molecule has 0 radical (unpaired) electrons. The maximum absolute atomic E-state index is 12.1. The Balaban J connectivity index is 1.85. The molecule has 1 saturated heterocycles. The van der Waals surface area contributed by atoms with Crippen LogP contribution >= 0.6 is 0 Å². The van der Waals surface area contributed by atoms with Gasteiger partial charge in [0, 0.05) is 17.5 Å². The van der Waals surface area contributed by atoms with Crippen molar-refractivity contribution in [1.29, 1.82) is 0 Å². The number of carbonyl (C=O) groups excluding carboxylic acids is 1. The molecule has 0 spiro atoms. The third kappa shape index (κ3) is 6.09. The third-order valence-corrected chi connectivity index (χ3v) is 3.86. The minimum absolute atomic E-state index is 0.134. The summed E-state index contributed by atoms with van der Waals surface area (Å²) in [5.74, 6) is 0.756. The first-order chi connectivity index (χ1) is 10.7. The number of amides is 1. The summed E-state index contributed by atoms with van der Waals surface area (Å²) in [6, 6.07) is 5.16. The van der Waals surface area contributed by atoms with Gasteiger partial charge in [-0.3, -0.25) is 4.79 Å². The first-order valence-corrected chi connectivity index (χ1v) is 7.70. The molecule has 0 unspecified atom stereocenters. The molecule has 1 aliphatic rings. The molecule has 23 heavy (non-hydrogen) atoms. The van der Waals surface area contributed by atoms with E-state index in [9.17, 15) is 18.0 Å². The smallest absolute Gasteiger partial charge is 0.406 e. The number of carbonyl (C=O) groups is 1. The lowest BCUT2D eigenvalue weighted by Crippen LogP contribution is -3.15. The number of hydrogen-bond acceptors (Lipinski definition) is 2. The van der Waals surface area contributed by atoms with Gasteiger partial charge in [-0.05, 0) is 30.7 Å². The van der Waals surface area contributed by atoms with E-state index in [1.165, 1.54) is 35.6 Å². The first-order valence-electron chi connectivity index (χ1n) is 7.70. The van der Waals surface area contributed by atoms with Gasteiger partial charge in [-0.2, -0.15) is 0 Å². The SMILES string of the molecule is C[C@@H]1C[C@@H](C)C[NH+](CC(=O)Nc2ccc(OC(F)(F)F)cc2)C1. The minimum Gasteiger partial charge on any atom is -0.406 e. The van der Waals surface area contributed by atoms with Crippen LogP contribution in [0.1, 0.15) is 20.3 Å². The fourth-order valence-corrected chi connectivity index (χ4v) is 3.24. The van der Waals surface area contributed by atoms with Crippen molar-refractivity contribution >= 4 is 11.6 Å². The van der Waals surface area contributed by atoms with E-state index in [0.717, 1.165) is 13.1 Å². The molecule has 128 valence electrons. The molecule has 4 nitrogen and oxygen atoms in total. The third-order valence-electron chi connectivity index (χ3n) is 3.86. The lowest BCUT2D eigenvalue weighted by Gasteiger charge is -2.31. The van der Waals surface area contributed by atoms with Gasteiger partial charge in [0.2, 0.25) is 0 Å². The average Bonchev–Trinajstić information content (AvgIpc) is 2.38. The van der Waals surface area contributed by atoms with Crippen LogP contribution in [0.3, 0.4) is 0 Å². The fourth-order valence-electron chi connectivity index (χ4n) is 3.24. The average molecular weight is 331 g/mol. The second-order valence-corrected chi connectivity index (χ2v) is 6.40. The lowest BCUT2D eigenvalue weighted by atomic mass is 9.92. The van der Waals surface area contributed by atoms with Crippen LogP contribution in [0, 0.1) is 11.8 Å². The van der Waals surface area contributed by atoms with Gasteiger partial charge < -0.3 is 15.0 Å². The van der Waals surface area contributed by atoms with E-state index in [0.29, 0.717) is 24.1 Å². The molecule has 2 rings (SSSR count). The molecule has 0 aromatic heterocycles. The summed E-state index contributed by atoms with van der Waals surface area (Å²) in [6.45, 7) is 6.68. The minimum atomic E-state index is -4.71. The van der Waals surface area contributed by atoms with Gasteiger partial charge in [-0.15, -0.1) is 13.2 Å². The molecule has 1 aromatic rings. The molecule has 2 atom stereocenters. The Hall–Kier alpha value is -1.76. The van der Waals surface area contributed by atoms with E-state index >= 15 is 0 Å². The molecule has 1 aliphatic heterocycles. The lowest BCUT2D eigenvalue weighted by molar-refractivity contribution is -0.904. The predicted molar refractivity (Wildman–Crippen MR) is 80.3 cm³/mol. The van der Waals surface area contributed by atoms with Crippen LogP contribution < -0.4 is 15.0 Å². The number of anilines is 1. The Kier molecular flexibility index (Phi) is 5.51. The van der Waals surface area contributed by atoms with Crippen LogP contribution in [-0.4, -0.2) is 31.9 Å². The zero-order valence-corrected chi connectivity index (χ0v) is 13.2. The number of benzene rings is 1. The van der Waals surface area contributed by atoms with Gasteiger partial charge >= 0.3 is 6.36 Å². The van der Waals surface area contributed by atoms with Crippen molar-refractivity contribution in [3.63, 3.8) is 0 Å². The van der Waals surface area contributed by atoms with Gasteiger partial charge in [0.1, 0.15) is 5.75 Å². The topological polar surface area (TPSA) is 42.8 Å². The summed E-state index contributed by atoms with van der Waals surface area (Å²) in [5.41, 5.74) is 0.460. The predicted octanol–water partition coefficient (Wildman–Crippen LogP) is 2.08. The summed E-state index contributed by atoms with van der Waals surface area (Å²) < 4.78 is 40.0. The Bertz CT molecular complexity index is 521. The van der Waals surface area contributed by atoms with Crippen LogP contribution in [0.5, 0.6) is 5.75 Å². The second-order valence-electron chi connectivity index (χ2n) is 6.40. The Morgan fingerprint density at radius 2 is 1.78 bits per heavy atom. The molecule has 1 fully saturated rings. The summed E-state index contributed by atoms with van der Waals surface area (Å²) >= 11 is 0. The summed E-state index contributed by atoms with van der Waals surface area (Å²) in [4.78, 5) is 13.3. The van der Waals surface area contributed by atoms with E-state index in [1.807, 2.05) is 0 Å². The summed E-state index contributed by atoms with van der Waals surface area (Å²) in [5, 5.41) is 2.71. The van der Waals surface area contributed by atoms with Crippen molar-refractivity contribution < 1.29 is 27.6 Å². The van der Waals surface area contributed by atoms with Gasteiger partial charge in [-0.25, -0.2) is 0 Å². The van der Waals surface area contributed by atoms with Crippen LogP contribution in [0.25, 0.3) is 0 Å². The molecule has 0 aliphatic carbocycles. The monoisotopic (exact) mass is 331 g/mol. The number of quaternary nitrogens is 1. The van der Waals surface area contributed by atoms with Gasteiger partial charge in [-0.1, -0.05) is 13.8 Å². The second kappa shape index (κ2) is 7.21. The van der Waals surface area contributed by atoms with Crippen molar-refractivity contribution in [2.45, 2.75) is 26.6 Å². The molecular weight excluding hydrogens is 309 g/mol. The highest BCUT2D eigenvalue weighted by molar-refractivity contribution is 5.91. The Morgan fingerprint density at radius 3 is 2.30 bits per heavy atom. The summed E-state index contributed by atoms with van der Waals surface area (Å²) in [7, 11) is 0. The number of halogens is 3. The van der Waals surface area contributed by atoms with Crippen molar-refractivity contribution in [3.8, 4) is 5.75 Å². The van der Waals surface area contributed by atoms with Crippen LogP contribution in [0.4, 0.5) is 18.9 Å². The highest BCUT2D eigenvalue weighted by Crippen LogP contribution is 2.23. The van der Waals surface area contributed by atoms with Gasteiger partial charge in [0.25, 0.3) is 5.91 Å². The van der Waals surface area contributed by atoms with E-state index < -0.39 is 6.36 Å². The van der Waals surface area contributed by atoms with Crippen molar-refractivity contribution in [2.24, 2.45) is 11.8 Å². The number of likely N-dealkylation sites (tertiary alicyclic amines) is 1. The van der Waals surface area contributed by atoms with E-state index in [-0.39, 0.29) is 11.7 Å². The zero-order valence-electron chi connectivity index (χ0n) is 13.2. The number of rotatable bonds is 4.